The molecule has 0 aliphatic carbocycles. The van der Waals surface area contributed by atoms with Crippen LogP contribution in [0, 0.1) is 10.1 Å². The highest BCUT2D eigenvalue weighted by Gasteiger charge is 2.08. The van der Waals surface area contributed by atoms with Crippen molar-refractivity contribution < 1.29 is 9.72 Å². The minimum absolute atomic E-state index is 0.0367. The van der Waals surface area contributed by atoms with E-state index in [9.17, 15) is 14.9 Å². The highest BCUT2D eigenvalue weighted by Crippen LogP contribution is 2.22. The summed E-state index contributed by atoms with van der Waals surface area (Å²) in [5.41, 5.74) is 0.798. The molecule has 0 unspecified atom stereocenters. The Morgan fingerprint density at radius 1 is 1.14 bits per heavy atom. The first-order chi connectivity index (χ1) is 9.97. The van der Waals surface area contributed by atoms with Crippen LogP contribution in [0.25, 0.3) is 6.08 Å². The predicted octanol–water partition coefficient (Wildman–Crippen LogP) is 4.80. The van der Waals surface area contributed by atoms with Gasteiger partial charge in [-0.2, -0.15) is 0 Å². The molecule has 0 saturated heterocycles. The van der Waals surface area contributed by atoms with Crippen molar-refractivity contribution in [3.05, 3.63) is 79.8 Å². The van der Waals surface area contributed by atoms with E-state index in [1.54, 1.807) is 24.3 Å². The first kappa shape index (κ1) is 15.2. The third-order valence-corrected chi connectivity index (χ3v) is 3.27. The molecule has 2 aromatic carbocycles. The number of carbonyl (C=O) groups excluding carboxylic acids is 1. The van der Waals surface area contributed by atoms with Crippen LogP contribution in [0.3, 0.4) is 0 Å². The Morgan fingerprint density at radius 3 is 2.62 bits per heavy atom. The van der Waals surface area contributed by atoms with E-state index in [0.717, 1.165) is 0 Å². The minimum Gasteiger partial charge on any atom is -0.289 e. The van der Waals surface area contributed by atoms with E-state index in [1.807, 2.05) is 0 Å². The zero-order chi connectivity index (χ0) is 15.4. The fraction of sp³-hybridized carbons (Fsp3) is 0. The Labute approximate surface area is 130 Å². The Hall–Kier alpha value is -2.17. The molecule has 21 heavy (non-hydrogen) atoms. The van der Waals surface area contributed by atoms with Crippen LogP contribution in [0.4, 0.5) is 5.69 Å². The van der Waals surface area contributed by atoms with Crippen LogP contribution in [-0.4, -0.2) is 10.7 Å². The molecule has 0 bridgehead atoms. The molecule has 0 spiro atoms. The molecule has 0 N–H and O–H groups in total. The van der Waals surface area contributed by atoms with Crippen molar-refractivity contribution in [1.29, 1.82) is 0 Å². The van der Waals surface area contributed by atoms with E-state index in [1.165, 1.54) is 30.4 Å². The number of ketones is 1. The average Bonchev–Trinajstić information content (AvgIpc) is 2.47. The highest BCUT2D eigenvalue weighted by molar-refractivity contribution is 6.36. The van der Waals surface area contributed by atoms with Gasteiger partial charge in [0.1, 0.15) is 0 Å². The van der Waals surface area contributed by atoms with Gasteiger partial charge in [-0.25, -0.2) is 0 Å². The molecule has 0 aliphatic heterocycles. The largest absolute Gasteiger partial charge is 0.289 e. The topological polar surface area (TPSA) is 60.2 Å². The second-order valence-corrected chi connectivity index (χ2v) is 5.02. The van der Waals surface area contributed by atoms with Crippen molar-refractivity contribution in [2.24, 2.45) is 0 Å². The fourth-order valence-corrected chi connectivity index (χ4v) is 2.07. The van der Waals surface area contributed by atoms with Crippen molar-refractivity contribution in [2.45, 2.75) is 0 Å². The molecule has 0 fully saturated rings. The molecule has 106 valence electrons. The maximum Gasteiger partial charge on any atom is 0.270 e. The number of rotatable bonds is 4. The lowest BCUT2D eigenvalue weighted by Crippen LogP contribution is -1.95. The molecule has 0 amide bonds. The quantitative estimate of drug-likeness (QED) is 0.352. The number of allylic oxidation sites excluding steroid dienone is 1. The van der Waals surface area contributed by atoms with Crippen LogP contribution < -0.4 is 0 Å². The number of hydrogen-bond donors (Lipinski definition) is 0. The molecule has 0 heterocycles. The van der Waals surface area contributed by atoms with Crippen molar-refractivity contribution in [2.75, 3.05) is 0 Å². The molecule has 4 nitrogen and oxygen atoms in total. The van der Waals surface area contributed by atoms with Gasteiger partial charge in [-0.3, -0.25) is 14.9 Å². The van der Waals surface area contributed by atoms with Gasteiger partial charge in [0.2, 0.25) is 0 Å². The lowest BCUT2D eigenvalue weighted by molar-refractivity contribution is -0.384. The van der Waals surface area contributed by atoms with Crippen molar-refractivity contribution in [3.63, 3.8) is 0 Å². The normalized spacial score (nSPS) is 10.8. The summed E-state index contributed by atoms with van der Waals surface area (Å²) in [5.74, 6) is -0.325. The summed E-state index contributed by atoms with van der Waals surface area (Å²) in [6.45, 7) is 0. The molecule has 0 saturated carbocycles. The van der Waals surface area contributed by atoms with E-state index < -0.39 is 4.92 Å². The van der Waals surface area contributed by atoms with Crippen LogP contribution >= 0.6 is 23.2 Å². The molecule has 0 atom stereocenters. The summed E-state index contributed by atoms with van der Waals surface area (Å²) in [5, 5.41) is 11.4. The maximum atomic E-state index is 12.0. The number of halogens is 2. The van der Waals surface area contributed by atoms with Gasteiger partial charge in [0.05, 0.1) is 9.95 Å². The monoisotopic (exact) mass is 321 g/mol. The maximum absolute atomic E-state index is 12.0. The average molecular weight is 322 g/mol. The number of nitro groups is 1. The van der Waals surface area contributed by atoms with Crippen LogP contribution in [0.2, 0.25) is 10.0 Å². The second kappa shape index (κ2) is 6.52. The summed E-state index contributed by atoms with van der Waals surface area (Å²) in [6.07, 6.45) is 2.79. The summed E-state index contributed by atoms with van der Waals surface area (Å²) in [7, 11) is 0. The lowest BCUT2D eigenvalue weighted by Gasteiger charge is -2.00. The fourth-order valence-electron chi connectivity index (χ4n) is 1.69. The summed E-state index contributed by atoms with van der Waals surface area (Å²) in [6, 6.07) is 10.6. The van der Waals surface area contributed by atoms with E-state index in [2.05, 4.69) is 0 Å². The molecule has 0 aromatic heterocycles. The lowest BCUT2D eigenvalue weighted by atomic mass is 10.1. The third kappa shape index (κ3) is 3.90. The standard InChI is InChI=1S/C15H9Cl2NO3/c16-11-5-6-14(17)13(9-11)15(19)7-4-10-2-1-3-12(8-10)18(20)21/h1-9H/b7-4+. The summed E-state index contributed by atoms with van der Waals surface area (Å²) in [4.78, 5) is 22.2. The first-order valence-corrected chi connectivity index (χ1v) is 6.65. The molecular formula is C15H9Cl2NO3. The molecule has 0 radical (unpaired) electrons. The van der Waals surface area contributed by atoms with Crippen LogP contribution in [0.5, 0.6) is 0 Å². The molecule has 6 heteroatoms. The SMILES string of the molecule is O=C(/C=C/c1cccc([N+](=O)[O-])c1)c1cc(Cl)ccc1Cl. The molecule has 2 rings (SSSR count). The van der Waals surface area contributed by atoms with Gasteiger partial charge in [0.25, 0.3) is 5.69 Å². The molecular weight excluding hydrogens is 313 g/mol. The van der Waals surface area contributed by atoms with Gasteiger partial charge >= 0.3 is 0 Å². The van der Waals surface area contributed by atoms with Gasteiger partial charge in [-0.15, -0.1) is 0 Å². The summed E-state index contributed by atoms with van der Waals surface area (Å²) < 4.78 is 0. The Kier molecular flexibility index (Phi) is 4.73. The van der Waals surface area contributed by atoms with Gasteiger partial charge in [0, 0.05) is 22.7 Å². The Balaban J connectivity index is 2.24. The smallest absolute Gasteiger partial charge is 0.270 e. The van der Waals surface area contributed by atoms with Crippen LogP contribution in [-0.2, 0) is 0 Å². The summed E-state index contributed by atoms with van der Waals surface area (Å²) >= 11 is 11.8. The number of carbonyl (C=O) groups is 1. The van der Waals surface area contributed by atoms with Crippen LogP contribution in [0.15, 0.2) is 48.5 Å². The second-order valence-electron chi connectivity index (χ2n) is 4.17. The Morgan fingerprint density at radius 2 is 1.90 bits per heavy atom. The number of benzene rings is 2. The van der Waals surface area contributed by atoms with Crippen molar-refractivity contribution in [1.82, 2.24) is 0 Å². The van der Waals surface area contributed by atoms with Gasteiger partial charge in [-0.05, 0) is 29.8 Å². The first-order valence-electron chi connectivity index (χ1n) is 5.89. The zero-order valence-electron chi connectivity index (χ0n) is 10.6. The Bertz CT molecular complexity index is 741. The van der Waals surface area contributed by atoms with Crippen LogP contribution in [0.1, 0.15) is 15.9 Å². The van der Waals surface area contributed by atoms with E-state index >= 15 is 0 Å². The van der Waals surface area contributed by atoms with E-state index in [-0.39, 0.29) is 17.0 Å². The number of non-ortho nitro benzene ring substituents is 1. The van der Waals surface area contributed by atoms with E-state index in [4.69, 9.17) is 23.2 Å². The highest BCUT2D eigenvalue weighted by atomic mass is 35.5. The number of nitro benzene ring substituents is 1. The predicted molar refractivity (Wildman–Crippen MR) is 82.9 cm³/mol. The number of nitrogens with zero attached hydrogens (tertiary/aromatic N) is 1. The van der Waals surface area contributed by atoms with Gasteiger partial charge < -0.3 is 0 Å². The zero-order valence-corrected chi connectivity index (χ0v) is 12.1. The minimum atomic E-state index is -0.493. The van der Waals surface area contributed by atoms with Crippen molar-refractivity contribution >= 4 is 40.7 Å². The van der Waals surface area contributed by atoms with Gasteiger partial charge in [0.15, 0.2) is 5.78 Å². The van der Waals surface area contributed by atoms with Crippen molar-refractivity contribution in [3.8, 4) is 0 Å². The molecule has 2 aromatic rings. The molecule has 0 aliphatic rings. The van der Waals surface area contributed by atoms with Gasteiger partial charge in [-0.1, -0.05) is 41.4 Å². The third-order valence-electron chi connectivity index (χ3n) is 2.70. The van der Waals surface area contributed by atoms with E-state index in [0.29, 0.717) is 15.6 Å². The number of hydrogen-bond acceptors (Lipinski definition) is 3.